The fourth-order valence-electron chi connectivity index (χ4n) is 1.11. The van der Waals surface area contributed by atoms with E-state index in [0.29, 0.717) is 5.56 Å². The van der Waals surface area contributed by atoms with E-state index in [2.05, 4.69) is 0 Å². The Labute approximate surface area is 89.9 Å². The molecule has 1 amide bonds. The van der Waals surface area contributed by atoms with Crippen LogP contribution in [0.3, 0.4) is 0 Å². The largest absolute Gasteiger partial charge is 0.507 e. The molecule has 0 saturated carbocycles. The molecule has 1 rings (SSSR count). The summed E-state index contributed by atoms with van der Waals surface area (Å²) >= 11 is 0. The van der Waals surface area contributed by atoms with Gasteiger partial charge >= 0.3 is 6.18 Å². The molecular formula is C10H10F3NO2. The highest BCUT2D eigenvalue weighted by Gasteiger charge is 2.28. The van der Waals surface area contributed by atoms with Crippen LogP contribution in [0.5, 0.6) is 5.75 Å². The summed E-state index contributed by atoms with van der Waals surface area (Å²) in [7, 11) is 0. The second-order valence-electron chi connectivity index (χ2n) is 3.32. The minimum absolute atomic E-state index is 0.163. The highest BCUT2D eigenvalue weighted by molar-refractivity contribution is 5.96. The van der Waals surface area contributed by atoms with E-state index < -0.39 is 18.6 Å². The van der Waals surface area contributed by atoms with Gasteiger partial charge in [0.15, 0.2) is 0 Å². The Hall–Kier alpha value is -1.72. The number of carbonyl (C=O) groups is 1. The number of hydrogen-bond donors (Lipinski definition) is 2. The van der Waals surface area contributed by atoms with Gasteiger partial charge in [0.2, 0.25) is 0 Å². The van der Waals surface area contributed by atoms with E-state index in [1.165, 1.54) is 12.1 Å². The SMILES string of the molecule is Cc1ccc(O)c(C(=O)NCC(F)(F)F)c1. The molecule has 0 bridgehead atoms. The Morgan fingerprint density at radius 2 is 2.06 bits per heavy atom. The average molecular weight is 233 g/mol. The van der Waals surface area contributed by atoms with Crippen LogP contribution in [-0.4, -0.2) is 23.7 Å². The Kier molecular flexibility index (Phi) is 3.41. The maximum Gasteiger partial charge on any atom is 0.405 e. The first-order valence-corrected chi connectivity index (χ1v) is 4.44. The maximum atomic E-state index is 11.8. The van der Waals surface area contributed by atoms with E-state index in [9.17, 15) is 23.1 Å². The number of carbonyl (C=O) groups excluding carboxylic acids is 1. The molecule has 0 atom stereocenters. The highest BCUT2D eigenvalue weighted by atomic mass is 19.4. The normalized spacial score (nSPS) is 11.2. The van der Waals surface area contributed by atoms with Crippen LogP contribution in [0.15, 0.2) is 18.2 Å². The van der Waals surface area contributed by atoms with E-state index in [1.807, 2.05) is 0 Å². The first-order valence-electron chi connectivity index (χ1n) is 4.44. The number of nitrogens with one attached hydrogen (secondary N) is 1. The first-order chi connectivity index (χ1) is 7.29. The zero-order chi connectivity index (χ0) is 12.3. The summed E-state index contributed by atoms with van der Waals surface area (Å²) in [6.45, 7) is 0.249. The molecule has 0 radical (unpaired) electrons. The third-order valence-electron chi connectivity index (χ3n) is 1.85. The fraction of sp³-hybridized carbons (Fsp3) is 0.300. The van der Waals surface area contributed by atoms with Crippen molar-refractivity contribution in [2.24, 2.45) is 0 Å². The Morgan fingerprint density at radius 3 is 2.62 bits per heavy atom. The number of phenols is 1. The van der Waals surface area contributed by atoms with Gasteiger partial charge in [-0.1, -0.05) is 11.6 Å². The van der Waals surface area contributed by atoms with Gasteiger partial charge in [-0.3, -0.25) is 4.79 Å². The number of amides is 1. The molecule has 0 aliphatic rings. The zero-order valence-corrected chi connectivity index (χ0v) is 8.43. The second kappa shape index (κ2) is 4.42. The molecule has 0 spiro atoms. The van der Waals surface area contributed by atoms with Gasteiger partial charge < -0.3 is 10.4 Å². The topological polar surface area (TPSA) is 49.3 Å². The molecule has 0 fully saturated rings. The number of benzene rings is 1. The fourth-order valence-corrected chi connectivity index (χ4v) is 1.11. The Bertz CT molecular complexity index is 402. The molecule has 0 saturated heterocycles. The number of hydrogen-bond acceptors (Lipinski definition) is 2. The Morgan fingerprint density at radius 1 is 1.44 bits per heavy atom. The number of halogens is 3. The van der Waals surface area contributed by atoms with Crippen molar-refractivity contribution in [3.05, 3.63) is 29.3 Å². The van der Waals surface area contributed by atoms with E-state index in [1.54, 1.807) is 18.3 Å². The summed E-state index contributed by atoms with van der Waals surface area (Å²) in [6, 6.07) is 4.13. The lowest BCUT2D eigenvalue weighted by Gasteiger charge is -2.09. The molecule has 0 aliphatic carbocycles. The molecule has 0 aromatic heterocycles. The summed E-state index contributed by atoms with van der Waals surface area (Å²) in [5.74, 6) is -1.29. The van der Waals surface area contributed by atoms with E-state index in [-0.39, 0.29) is 11.3 Å². The summed E-state index contributed by atoms with van der Waals surface area (Å²) in [5, 5.41) is 11.0. The molecule has 3 nitrogen and oxygen atoms in total. The van der Waals surface area contributed by atoms with E-state index in [0.717, 1.165) is 0 Å². The van der Waals surface area contributed by atoms with Crippen molar-refractivity contribution in [1.82, 2.24) is 5.32 Å². The number of aromatic hydroxyl groups is 1. The molecule has 88 valence electrons. The number of phenolic OH excluding ortho intramolecular Hbond substituents is 1. The van der Waals surface area contributed by atoms with E-state index >= 15 is 0 Å². The monoisotopic (exact) mass is 233 g/mol. The van der Waals surface area contributed by atoms with Crippen molar-refractivity contribution < 1.29 is 23.1 Å². The molecule has 0 aliphatic heterocycles. The summed E-state index contributed by atoms with van der Waals surface area (Å²) in [6.07, 6.45) is -4.46. The van der Waals surface area contributed by atoms with Crippen LogP contribution in [-0.2, 0) is 0 Å². The third-order valence-corrected chi connectivity index (χ3v) is 1.85. The first kappa shape index (κ1) is 12.4. The average Bonchev–Trinajstić information content (AvgIpc) is 2.17. The van der Waals surface area contributed by atoms with Crippen molar-refractivity contribution in [3.8, 4) is 5.75 Å². The predicted octanol–water partition coefficient (Wildman–Crippen LogP) is 1.99. The summed E-state index contributed by atoms with van der Waals surface area (Å²) < 4.78 is 35.5. The number of alkyl halides is 3. The predicted molar refractivity (Wildman–Crippen MR) is 51.2 cm³/mol. The van der Waals surface area contributed by atoms with Gasteiger partial charge in [0, 0.05) is 0 Å². The zero-order valence-electron chi connectivity index (χ0n) is 8.43. The molecule has 2 N–H and O–H groups in total. The lowest BCUT2D eigenvalue weighted by Crippen LogP contribution is -2.33. The van der Waals surface area contributed by atoms with E-state index in [4.69, 9.17) is 0 Å². The van der Waals surface area contributed by atoms with Crippen molar-refractivity contribution in [1.29, 1.82) is 0 Å². The molecule has 16 heavy (non-hydrogen) atoms. The van der Waals surface area contributed by atoms with Crippen LogP contribution in [0.25, 0.3) is 0 Å². The van der Waals surface area contributed by atoms with Crippen molar-refractivity contribution in [2.75, 3.05) is 6.54 Å². The van der Waals surface area contributed by atoms with Gasteiger partial charge in [0.1, 0.15) is 12.3 Å². The molecule has 0 heterocycles. The summed E-state index contributed by atoms with van der Waals surface area (Å²) in [5.41, 5.74) is 0.513. The number of rotatable bonds is 2. The van der Waals surface area contributed by atoms with Gasteiger partial charge in [-0.25, -0.2) is 0 Å². The van der Waals surface area contributed by atoms with Gasteiger partial charge in [0.25, 0.3) is 5.91 Å². The van der Waals surface area contributed by atoms with Crippen LogP contribution < -0.4 is 5.32 Å². The number of aryl methyl sites for hydroxylation is 1. The van der Waals surface area contributed by atoms with Crippen LogP contribution in [0.4, 0.5) is 13.2 Å². The standard InChI is InChI=1S/C10H10F3NO2/c1-6-2-3-8(15)7(4-6)9(16)14-5-10(11,12)13/h2-4,15H,5H2,1H3,(H,14,16). The van der Waals surface area contributed by atoms with Crippen molar-refractivity contribution in [3.63, 3.8) is 0 Å². The smallest absolute Gasteiger partial charge is 0.405 e. The second-order valence-corrected chi connectivity index (χ2v) is 3.32. The third kappa shape index (κ3) is 3.45. The summed E-state index contributed by atoms with van der Waals surface area (Å²) in [4.78, 5) is 11.3. The van der Waals surface area contributed by atoms with Crippen molar-refractivity contribution >= 4 is 5.91 Å². The van der Waals surface area contributed by atoms with Crippen LogP contribution >= 0.6 is 0 Å². The van der Waals surface area contributed by atoms with Crippen LogP contribution in [0.1, 0.15) is 15.9 Å². The van der Waals surface area contributed by atoms with Crippen LogP contribution in [0, 0.1) is 6.92 Å². The Balaban J connectivity index is 2.77. The van der Waals surface area contributed by atoms with Gasteiger partial charge in [-0.15, -0.1) is 0 Å². The molecule has 1 aromatic rings. The quantitative estimate of drug-likeness (QED) is 0.820. The minimum Gasteiger partial charge on any atom is -0.507 e. The lowest BCUT2D eigenvalue weighted by molar-refractivity contribution is -0.123. The minimum atomic E-state index is -4.46. The molecule has 1 aromatic carbocycles. The lowest BCUT2D eigenvalue weighted by atomic mass is 10.1. The molecule has 0 unspecified atom stereocenters. The molecular weight excluding hydrogens is 223 g/mol. The molecule has 6 heteroatoms. The van der Waals surface area contributed by atoms with Crippen LogP contribution in [0.2, 0.25) is 0 Å². The van der Waals surface area contributed by atoms with Crippen molar-refractivity contribution in [2.45, 2.75) is 13.1 Å². The highest BCUT2D eigenvalue weighted by Crippen LogP contribution is 2.19. The van der Waals surface area contributed by atoms with Gasteiger partial charge in [-0.2, -0.15) is 13.2 Å². The maximum absolute atomic E-state index is 11.8. The van der Waals surface area contributed by atoms with Gasteiger partial charge in [-0.05, 0) is 19.1 Å². The van der Waals surface area contributed by atoms with Gasteiger partial charge in [0.05, 0.1) is 5.56 Å².